The summed E-state index contributed by atoms with van der Waals surface area (Å²) in [5, 5.41) is 9.38. The molecule has 0 aromatic carbocycles. The number of aliphatic imine (C=N–C) groups is 1. The van der Waals surface area contributed by atoms with Crippen LogP contribution in [0.5, 0.6) is 0 Å². The van der Waals surface area contributed by atoms with Gasteiger partial charge >= 0.3 is 0 Å². The van der Waals surface area contributed by atoms with Crippen molar-refractivity contribution in [2.75, 3.05) is 0 Å². The average molecular weight is 236 g/mol. The minimum Gasteiger partial charge on any atom is -0.370 e. The van der Waals surface area contributed by atoms with Gasteiger partial charge in [0.15, 0.2) is 11.8 Å². The van der Waals surface area contributed by atoms with Gasteiger partial charge in [-0.2, -0.15) is 5.10 Å². The van der Waals surface area contributed by atoms with Crippen LogP contribution in [-0.4, -0.2) is 16.2 Å². The third-order valence-corrected chi connectivity index (χ3v) is 3.01. The van der Waals surface area contributed by atoms with Crippen LogP contribution in [0.1, 0.15) is 30.1 Å². The predicted molar refractivity (Wildman–Crippen MR) is 60.4 cm³/mol. The van der Waals surface area contributed by atoms with Gasteiger partial charge < -0.3 is 11.1 Å². The Morgan fingerprint density at radius 1 is 1.47 bits per heavy atom. The lowest BCUT2D eigenvalue weighted by Crippen LogP contribution is -2.45. The second kappa shape index (κ2) is 3.30. The van der Waals surface area contributed by atoms with E-state index in [0.717, 1.165) is 24.7 Å². The number of nitrogens with zero attached hydrogens (tertiary/aromatic N) is 2. The van der Waals surface area contributed by atoms with Crippen LogP contribution in [0.4, 0.5) is 4.39 Å². The average Bonchev–Trinajstić information content (AvgIpc) is 3.02. The number of guanidine groups is 1. The van der Waals surface area contributed by atoms with Gasteiger partial charge in [0, 0.05) is 17.8 Å². The fourth-order valence-corrected chi connectivity index (χ4v) is 1.84. The number of aromatic amines is 1. The molecular formula is C10H13FN6. The number of hydrogen-bond acceptors (Lipinski definition) is 5. The molecule has 1 atom stereocenters. The molecule has 6 N–H and O–H groups in total. The lowest BCUT2D eigenvalue weighted by molar-refractivity contribution is 0.402. The van der Waals surface area contributed by atoms with E-state index in [1.54, 1.807) is 6.07 Å². The van der Waals surface area contributed by atoms with E-state index in [-0.39, 0.29) is 5.96 Å². The summed E-state index contributed by atoms with van der Waals surface area (Å²) in [5.74, 6) is -0.0413. The Morgan fingerprint density at radius 2 is 2.24 bits per heavy atom. The molecule has 0 saturated heterocycles. The summed E-state index contributed by atoms with van der Waals surface area (Å²) in [6.07, 6.45) is 3.36. The molecule has 17 heavy (non-hydrogen) atoms. The van der Waals surface area contributed by atoms with Gasteiger partial charge in [0.2, 0.25) is 5.66 Å². The lowest BCUT2D eigenvalue weighted by atomic mass is 10.1. The van der Waals surface area contributed by atoms with Crippen LogP contribution in [0.2, 0.25) is 0 Å². The van der Waals surface area contributed by atoms with E-state index in [9.17, 15) is 4.39 Å². The molecule has 1 aliphatic heterocycles. The summed E-state index contributed by atoms with van der Waals surface area (Å²) >= 11 is 0. The van der Waals surface area contributed by atoms with Gasteiger partial charge in [0.05, 0.1) is 0 Å². The van der Waals surface area contributed by atoms with Crippen molar-refractivity contribution in [3.05, 3.63) is 29.5 Å². The number of aromatic nitrogens is 2. The Labute approximate surface area is 97.0 Å². The molecule has 2 aliphatic rings. The standard InChI is InChI=1S/C10H13FN6/c11-7-4-14-9(12)15-10(7,13)8-3-6(16-17-8)5-1-2-5/h3-5H,1-2,13H2,(H,16,17)(H3,12,14,15). The minimum atomic E-state index is -1.61. The topological polar surface area (TPSA) is 105 Å². The predicted octanol–water partition coefficient (Wildman–Crippen LogP) is 0.127. The summed E-state index contributed by atoms with van der Waals surface area (Å²) in [6, 6.07) is 1.76. The zero-order chi connectivity index (χ0) is 12.0. The first-order valence-electron chi connectivity index (χ1n) is 5.42. The van der Waals surface area contributed by atoms with Gasteiger partial charge in [-0.15, -0.1) is 0 Å². The van der Waals surface area contributed by atoms with Crippen molar-refractivity contribution in [3.8, 4) is 0 Å². The maximum atomic E-state index is 13.8. The lowest BCUT2D eigenvalue weighted by Gasteiger charge is -2.25. The number of halogens is 1. The Kier molecular flexibility index (Phi) is 1.99. The Morgan fingerprint density at radius 3 is 2.94 bits per heavy atom. The van der Waals surface area contributed by atoms with Crippen molar-refractivity contribution >= 4 is 5.96 Å². The SMILES string of the molecule is NC1=NC(N)(c2cc(C3CC3)[nH]n2)C(F)=CN1. The van der Waals surface area contributed by atoms with Gasteiger partial charge in [-0.05, 0) is 18.9 Å². The number of nitrogens with two attached hydrogens (primary N) is 2. The van der Waals surface area contributed by atoms with Crippen LogP contribution in [0.25, 0.3) is 0 Å². The molecule has 0 radical (unpaired) electrons. The van der Waals surface area contributed by atoms with Crippen LogP contribution in [0, 0.1) is 0 Å². The van der Waals surface area contributed by atoms with E-state index in [0.29, 0.717) is 11.6 Å². The number of rotatable bonds is 2. The maximum Gasteiger partial charge on any atom is 0.210 e. The van der Waals surface area contributed by atoms with Crippen molar-refractivity contribution in [1.82, 2.24) is 15.5 Å². The van der Waals surface area contributed by atoms with Crippen molar-refractivity contribution in [2.45, 2.75) is 24.4 Å². The second-order valence-corrected chi connectivity index (χ2v) is 4.38. The molecule has 2 heterocycles. The highest BCUT2D eigenvalue weighted by atomic mass is 19.1. The number of H-pyrrole nitrogens is 1. The molecule has 0 amide bonds. The van der Waals surface area contributed by atoms with Gasteiger partial charge in [-0.25, -0.2) is 9.38 Å². The number of nitrogens with one attached hydrogen (secondary N) is 2. The maximum absolute atomic E-state index is 13.8. The molecule has 1 saturated carbocycles. The summed E-state index contributed by atoms with van der Waals surface area (Å²) in [5.41, 5.74) is 11.1. The quantitative estimate of drug-likeness (QED) is 0.585. The monoisotopic (exact) mass is 236 g/mol. The van der Waals surface area contributed by atoms with Gasteiger partial charge in [0.25, 0.3) is 0 Å². The van der Waals surface area contributed by atoms with Gasteiger partial charge in [-0.1, -0.05) is 0 Å². The zero-order valence-electron chi connectivity index (χ0n) is 9.07. The van der Waals surface area contributed by atoms with Crippen LogP contribution < -0.4 is 16.8 Å². The molecule has 90 valence electrons. The van der Waals surface area contributed by atoms with Crippen LogP contribution in [0.15, 0.2) is 23.1 Å². The zero-order valence-corrected chi connectivity index (χ0v) is 9.07. The highest BCUT2D eigenvalue weighted by Crippen LogP contribution is 2.40. The van der Waals surface area contributed by atoms with E-state index in [1.165, 1.54) is 0 Å². The van der Waals surface area contributed by atoms with E-state index >= 15 is 0 Å². The largest absolute Gasteiger partial charge is 0.370 e. The fraction of sp³-hybridized carbons (Fsp3) is 0.400. The van der Waals surface area contributed by atoms with Crippen LogP contribution >= 0.6 is 0 Å². The van der Waals surface area contributed by atoms with E-state index in [2.05, 4.69) is 20.5 Å². The van der Waals surface area contributed by atoms with Crippen LogP contribution in [0.3, 0.4) is 0 Å². The first kappa shape index (κ1) is 10.3. The summed E-state index contributed by atoms with van der Waals surface area (Å²) in [4.78, 5) is 3.89. The van der Waals surface area contributed by atoms with Crippen LogP contribution in [-0.2, 0) is 5.66 Å². The van der Waals surface area contributed by atoms with Gasteiger partial charge in [-0.3, -0.25) is 10.8 Å². The molecule has 1 unspecified atom stereocenters. The second-order valence-electron chi connectivity index (χ2n) is 4.38. The van der Waals surface area contributed by atoms with Crippen molar-refractivity contribution in [3.63, 3.8) is 0 Å². The van der Waals surface area contributed by atoms with Crippen molar-refractivity contribution in [2.24, 2.45) is 16.5 Å². The first-order chi connectivity index (χ1) is 8.09. The van der Waals surface area contributed by atoms with Gasteiger partial charge in [0.1, 0.15) is 5.69 Å². The molecule has 3 rings (SSSR count). The molecule has 0 bridgehead atoms. The van der Waals surface area contributed by atoms with E-state index in [1.807, 2.05) is 0 Å². The van der Waals surface area contributed by atoms with Crippen molar-refractivity contribution < 1.29 is 4.39 Å². The highest BCUT2D eigenvalue weighted by molar-refractivity contribution is 5.80. The Hall–Kier alpha value is -1.89. The molecule has 1 aromatic rings. The molecule has 1 fully saturated rings. The smallest absolute Gasteiger partial charge is 0.210 e. The minimum absolute atomic E-state index is 0.0740. The number of hydrogen-bond donors (Lipinski definition) is 4. The normalized spacial score (nSPS) is 28.4. The fourth-order valence-electron chi connectivity index (χ4n) is 1.84. The Balaban J connectivity index is 1.99. The molecule has 6 nitrogen and oxygen atoms in total. The third-order valence-electron chi connectivity index (χ3n) is 3.01. The Bertz CT molecular complexity index is 515. The molecule has 1 aliphatic carbocycles. The summed E-state index contributed by atoms with van der Waals surface area (Å²) in [7, 11) is 0. The van der Waals surface area contributed by atoms with Crippen molar-refractivity contribution in [1.29, 1.82) is 0 Å². The first-order valence-corrected chi connectivity index (χ1v) is 5.42. The van der Waals surface area contributed by atoms with E-state index in [4.69, 9.17) is 11.5 Å². The van der Waals surface area contributed by atoms with E-state index < -0.39 is 11.5 Å². The molecular weight excluding hydrogens is 223 g/mol. The molecule has 0 spiro atoms. The summed E-state index contributed by atoms with van der Waals surface area (Å²) in [6.45, 7) is 0. The molecule has 7 heteroatoms. The molecule has 1 aromatic heterocycles. The third kappa shape index (κ3) is 1.59. The highest BCUT2D eigenvalue weighted by Gasteiger charge is 2.39. The summed E-state index contributed by atoms with van der Waals surface area (Å²) < 4.78 is 13.8.